The molecule has 3 amide bonds. The zero-order valence-electron chi connectivity index (χ0n) is 21.1. The maximum atomic E-state index is 13.6. The van der Waals surface area contributed by atoms with Crippen molar-refractivity contribution >= 4 is 35.1 Å². The molecule has 194 valence electrons. The van der Waals surface area contributed by atoms with Crippen LogP contribution >= 0.6 is 11.8 Å². The molecule has 0 bridgehead atoms. The van der Waals surface area contributed by atoms with E-state index < -0.39 is 0 Å². The SMILES string of the molecule is C=CC(=O)N1CCCC(NC2Sc3nccc4c3C2NC(=O)N4c2ccc(Oc3ccccc3)cc2C)C1. The second kappa shape index (κ2) is 10.2. The van der Waals surface area contributed by atoms with Crippen LogP contribution < -0.4 is 20.3 Å². The number of carbonyl (C=O) groups is 2. The molecule has 1 aromatic heterocycles. The van der Waals surface area contributed by atoms with E-state index in [4.69, 9.17) is 4.74 Å². The van der Waals surface area contributed by atoms with Gasteiger partial charge in [-0.15, -0.1) is 0 Å². The number of amides is 3. The zero-order valence-corrected chi connectivity index (χ0v) is 21.9. The third-order valence-electron chi connectivity index (χ3n) is 7.20. The first-order valence-corrected chi connectivity index (χ1v) is 13.7. The normalized spacial score (nSPS) is 22.0. The van der Waals surface area contributed by atoms with Crippen LogP contribution in [0.4, 0.5) is 16.2 Å². The zero-order chi connectivity index (χ0) is 26.2. The van der Waals surface area contributed by atoms with Crippen LogP contribution in [0.25, 0.3) is 0 Å². The number of aryl methyl sites for hydroxylation is 1. The Morgan fingerprint density at radius 3 is 2.82 bits per heavy atom. The van der Waals surface area contributed by atoms with Gasteiger partial charge in [0.25, 0.3) is 0 Å². The van der Waals surface area contributed by atoms with Crippen molar-refractivity contribution in [2.75, 3.05) is 18.0 Å². The molecular formula is C29H29N5O3S. The van der Waals surface area contributed by atoms with E-state index in [9.17, 15) is 9.59 Å². The predicted molar refractivity (Wildman–Crippen MR) is 148 cm³/mol. The number of aromatic nitrogens is 1. The maximum absolute atomic E-state index is 13.6. The average Bonchev–Trinajstić information content (AvgIpc) is 3.27. The fourth-order valence-electron chi connectivity index (χ4n) is 5.43. The van der Waals surface area contributed by atoms with Gasteiger partial charge < -0.3 is 15.0 Å². The lowest BCUT2D eigenvalue weighted by Gasteiger charge is -2.38. The number of hydrogen-bond acceptors (Lipinski definition) is 6. The lowest BCUT2D eigenvalue weighted by Crippen LogP contribution is -2.54. The van der Waals surface area contributed by atoms with E-state index in [-0.39, 0.29) is 29.4 Å². The van der Waals surface area contributed by atoms with Crippen molar-refractivity contribution in [2.24, 2.45) is 0 Å². The number of thioether (sulfide) groups is 1. The minimum absolute atomic E-state index is 0.0417. The summed E-state index contributed by atoms with van der Waals surface area (Å²) in [5, 5.41) is 7.76. The van der Waals surface area contributed by atoms with Crippen molar-refractivity contribution < 1.29 is 14.3 Å². The Morgan fingerprint density at radius 2 is 2.03 bits per heavy atom. The summed E-state index contributed by atoms with van der Waals surface area (Å²) in [7, 11) is 0. The number of nitrogens with one attached hydrogen (secondary N) is 2. The van der Waals surface area contributed by atoms with Crippen LogP contribution in [0.1, 0.15) is 30.0 Å². The van der Waals surface area contributed by atoms with Gasteiger partial charge in [0.2, 0.25) is 5.91 Å². The number of rotatable bonds is 6. The molecule has 3 atom stereocenters. The molecule has 2 aromatic carbocycles. The van der Waals surface area contributed by atoms with Crippen molar-refractivity contribution in [1.82, 2.24) is 20.5 Å². The minimum Gasteiger partial charge on any atom is -0.457 e. The molecule has 1 fully saturated rings. The van der Waals surface area contributed by atoms with Crippen molar-refractivity contribution in [3.8, 4) is 11.5 Å². The topological polar surface area (TPSA) is 86.8 Å². The van der Waals surface area contributed by atoms with Crippen molar-refractivity contribution in [1.29, 1.82) is 0 Å². The molecule has 3 unspecified atom stereocenters. The Labute approximate surface area is 226 Å². The van der Waals surface area contributed by atoms with E-state index in [1.807, 2.05) is 66.4 Å². The van der Waals surface area contributed by atoms with Gasteiger partial charge in [-0.05, 0) is 67.8 Å². The Hall–Kier alpha value is -3.82. The van der Waals surface area contributed by atoms with E-state index in [0.717, 1.165) is 52.7 Å². The largest absolute Gasteiger partial charge is 0.457 e. The van der Waals surface area contributed by atoms with Crippen LogP contribution in [-0.2, 0) is 4.79 Å². The standard InChI is InChI=1S/C29H29N5O3S/c1-3-24(35)33-15-7-8-19(17-33)31-28-26-25-23(13-14-30-27(25)38-28)34(29(36)32-26)22-12-11-21(16-18(22)2)37-20-9-5-4-6-10-20/h3-6,9-14,16,19,26,28,31H,1,7-8,15,17H2,2H3,(H,32,36). The number of urea groups is 1. The van der Waals surface area contributed by atoms with Gasteiger partial charge in [0.15, 0.2) is 0 Å². The molecule has 0 radical (unpaired) electrons. The number of benzene rings is 2. The summed E-state index contributed by atoms with van der Waals surface area (Å²) in [6, 6.07) is 17.0. The molecule has 2 N–H and O–H groups in total. The highest BCUT2D eigenvalue weighted by Crippen LogP contribution is 2.50. The molecule has 0 saturated carbocycles. The predicted octanol–water partition coefficient (Wildman–Crippen LogP) is 5.28. The molecule has 0 spiro atoms. The number of hydrogen-bond donors (Lipinski definition) is 2. The lowest BCUT2D eigenvalue weighted by molar-refractivity contribution is -0.127. The van der Waals surface area contributed by atoms with Gasteiger partial charge in [0, 0.05) is 30.9 Å². The highest BCUT2D eigenvalue weighted by molar-refractivity contribution is 8.00. The Kier molecular flexibility index (Phi) is 6.55. The summed E-state index contributed by atoms with van der Waals surface area (Å²) in [6.45, 7) is 6.97. The Balaban J connectivity index is 1.24. The molecule has 0 aliphatic carbocycles. The van der Waals surface area contributed by atoms with Gasteiger partial charge in [0.1, 0.15) is 16.5 Å². The second-order valence-corrected chi connectivity index (χ2v) is 10.8. The molecule has 9 heteroatoms. The monoisotopic (exact) mass is 527 g/mol. The van der Waals surface area contributed by atoms with Crippen LogP contribution in [-0.4, -0.2) is 46.3 Å². The van der Waals surface area contributed by atoms with Crippen LogP contribution in [0.5, 0.6) is 11.5 Å². The summed E-state index contributed by atoms with van der Waals surface area (Å²) < 4.78 is 5.99. The van der Waals surface area contributed by atoms with Gasteiger partial charge >= 0.3 is 6.03 Å². The minimum atomic E-state index is -0.214. The van der Waals surface area contributed by atoms with E-state index in [1.54, 1.807) is 22.9 Å². The van der Waals surface area contributed by atoms with Gasteiger partial charge in [0.05, 0.1) is 22.8 Å². The number of likely N-dealkylation sites (tertiary alicyclic amines) is 1. The number of nitrogens with zero attached hydrogens (tertiary/aromatic N) is 3. The van der Waals surface area contributed by atoms with Gasteiger partial charge in [-0.1, -0.05) is 36.5 Å². The molecule has 6 rings (SSSR count). The summed E-state index contributed by atoms with van der Waals surface area (Å²) >= 11 is 1.63. The third-order valence-corrected chi connectivity index (χ3v) is 8.41. The first-order valence-electron chi connectivity index (χ1n) is 12.8. The van der Waals surface area contributed by atoms with Crippen molar-refractivity contribution in [2.45, 2.75) is 42.2 Å². The highest BCUT2D eigenvalue weighted by atomic mass is 32.2. The molecule has 1 saturated heterocycles. The summed E-state index contributed by atoms with van der Waals surface area (Å²) in [5.41, 5.74) is 3.58. The number of piperidine rings is 1. The molecular weight excluding hydrogens is 498 g/mol. The van der Waals surface area contributed by atoms with Crippen LogP contribution in [0.15, 0.2) is 78.5 Å². The number of ether oxygens (including phenoxy) is 1. The Morgan fingerprint density at radius 1 is 1.18 bits per heavy atom. The van der Waals surface area contributed by atoms with E-state index in [0.29, 0.717) is 12.3 Å². The number of pyridine rings is 1. The first-order chi connectivity index (χ1) is 18.5. The highest BCUT2D eigenvalue weighted by Gasteiger charge is 2.44. The van der Waals surface area contributed by atoms with Crippen LogP contribution in [0.3, 0.4) is 0 Å². The molecule has 4 heterocycles. The summed E-state index contributed by atoms with van der Waals surface area (Å²) in [5.74, 6) is 1.43. The molecule has 3 aliphatic rings. The molecule has 8 nitrogen and oxygen atoms in total. The maximum Gasteiger partial charge on any atom is 0.327 e. The van der Waals surface area contributed by atoms with Gasteiger partial charge in [-0.3, -0.25) is 15.0 Å². The van der Waals surface area contributed by atoms with Crippen molar-refractivity contribution in [3.05, 3.63) is 84.6 Å². The molecule has 3 aliphatic heterocycles. The second-order valence-electron chi connectivity index (χ2n) is 9.71. The lowest BCUT2D eigenvalue weighted by atomic mass is 10.0. The third kappa shape index (κ3) is 4.52. The van der Waals surface area contributed by atoms with Gasteiger partial charge in [-0.2, -0.15) is 0 Å². The van der Waals surface area contributed by atoms with Crippen LogP contribution in [0.2, 0.25) is 0 Å². The number of anilines is 2. The van der Waals surface area contributed by atoms with E-state index >= 15 is 0 Å². The Bertz CT molecular complexity index is 1400. The van der Waals surface area contributed by atoms with Crippen LogP contribution in [0, 0.1) is 6.92 Å². The number of carbonyl (C=O) groups excluding carboxylic acids is 2. The molecule has 38 heavy (non-hydrogen) atoms. The average molecular weight is 528 g/mol. The van der Waals surface area contributed by atoms with E-state index in [1.165, 1.54) is 6.08 Å². The van der Waals surface area contributed by atoms with Gasteiger partial charge in [-0.25, -0.2) is 9.78 Å². The number of para-hydroxylation sites is 1. The quantitative estimate of drug-likeness (QED) is 0.424. The first kappa shape index (κ1) is 24.5. The van der Waals surface area contributed by atoms with E-state index in [2.05, 4.69) is 22.2 Å². The van der Waals surface area contributed by atoms with Crippen molar-refractivity contribution in [3.63, 3.8) is 0 Å². The fourth-order valence-corrected chi connectivity index (χ4v) is 6.75. The summed E-state index contributed by atoms with van der Waals surface area (Å²) in [4.78, 5) is 33.9. The smallest absolute Gasteiger partial charge is 0.327 e. The fraction of sp³-hybridized carbons (Fsp3) is 0.276. The summed E-state index contributed by atoms with van der Waals surface area (Å²) in [6.07, 6.45) is 5.04. The molecule has 3 aromatic rings.